The second-order valence-corrected chi connectivity index (χ2v) is 4.98. The van der Waals surface area contributed by atoms with Crippen LogP contribution >= 0.6 is 0 Å². The van der Waals surface area contributed by atoms with Crippen molar-refractivity contribution in [1.29, 1.82) is 0 Å². The Labute approximate surface area is 102 Å². The van der Waals surface area contributed by atoms with Crippen molar-refractivity contribution in [2.75, 3.05) is 5.73 Å². The number of phenolic OH excluding ortho intramolecular Hbond substituents is 1. The van der Waals surface area contributed by atoms with Gasteiger partial charge in [-0.15, -0.1) is 0 Å². The number of anilines is 1. The zero-order chi connectivity index (χ0) is 12.3. The van der Waals surface area contributed by atoms with E-state index in [4.69, 9.17) is 5.73 Å². The topological polar surface area (TPSA) is 66.5 Å². The van der Waals surface area contributed by atoms with Crippen molar-refractivity contribution in [3.8, 4) is 5.75 Å². The van der Waals surface area contributed by atoms with Gasteiger partial charge in [-0.3, -0.25) is 0 Å². The number of rotatable bonds is 2. The highest BCUT2D eigenvalue weighted by atomic mass is 16.3. The zero-order valence-corrected chi connectivity index (χ0v) is 10.1. The van der Waals surface area contributed by atoms with Gasteiger partial charge in [0.1, 0.15) is 5.75 Å². The molecular weight excluding hydrogens is 214 g/mol. The molecule has 0 radical (unpaired) electrons. The molecule has 3 nitrogen and oxygen atoms in total. The van der Waals surface area contributed by atoms with Crippen molar-refractivity contribution in [3.05, 3.63) is 23.8 Å². The Morgan fingerprint density at radius 3 is 2.41 bits per heavy atom. The minimum atomic E-state index is -0.541. The van der Waals surface area contributed by atoms with Crippen molar-refractivity contribution in [2.45, 2.75) is 44.6 Å². The maximum Gasteiger partial charge on any atom is 0.138 e. The molecule has 0 heterocycles. The minimum Gasteiger partial charge on any atom is -0.506 e. The molecule has 4 N–H and O–H groups in total. The predicted octanol–water partition coefficient (Wildman–Crippen LogP) is 2.98. The first-order valence-corrected chi connectivity index (χ1v) is 6.45. The van der Waals surface area contributed by atoms with Crippen LogP contribution in [0.5, 0.6) is 5.75 Å². The van der Waals surface area contributed by atoms with Crippen LogP contribution in [0.3, 0.4) is 0 Å². The molecule has 1 unspecified atom stereocenters. The number of aliphatic hydroxyl groups is 1. The molecule has 1 atom stereocenters. The number of phenols is 1. The fraction of sp³-hybridized carbons (Fsp3) is 0.571. The molecule has 3 heteroatoms. The van der Waals surface area contributed by atoms with Gasteiger partial charge in [0.15, 0.2) is 0 Å². The fourth-order valence-electron chi connectivity index (χ4n) is 2.71. The van der Waals surface area contributed by atoms with Crippen LogP contribution < -0.4 is 5.73 Å². The third-order valence-electron chi connectivity index (χ3n) is 3.78. The lowest BCUT2D eigenvalue weighted by Gasteiger charge is -2.23. The van der Waals surface area contributed by atoms with Gasteiger partial charge in [-0.1, -0.05) is 37.8 Å². The Hall–Kier alpha value is -1.22. The zero-order valence-electron chi connectivity index (χ0n) is 10.1. The summed E-state index contributed by atoms with van der Waals surface area (Å²) in [4.78, 5) is 0. The molecular formula is C14H21NO2. The van der Waals surface area contributed by atoms with Crippen molar-refractivity contribution in [3.63, 3.8) is 0 Å². The van der Waals surface area contributed by atoms with Crippen LogP contribution in [0.2, 0.25) is 0 Å². The molecule has 1 saturated carbocycles. The highest BCUT2D eigenvalue weighted by molar-refractivity contribution is 5.58. The van der Waals surface area contributed by atoms with Gasteiger partial charge < -0.3 is 15.9 Å². The van der Waals surface area contributed by atoms with Crippen molar-refractivity contribution < 1.29 is 10.2 Å². The Morgan fingerprint density at radius 1 is 1.12 bits per heavy atom. The van der Waals surface area contributed by atoms with Gasteiger partial charge >= 0.3 is 0 Å². The average molecular weight is 235 g/mol. The molecule has 0 spiro atoms. The number of para-hydroxylation sites is 1. The third-order valence-corrected chi connectivity index (χ3v) is 3.78. The van der Waals surface area contributed by atoms with Crippen LogP contribution in [0.1, 0.15) is 50.2 Å². The van der Waals surface area contributed by atoms with E-state index in [0.29, 0.717) is 11.3 Å². The van der Waals surface area contributed by atoms with Gasteiger partial charge in [0, 0.05) is 5.56 Å². The van der Waals surface area contributed by atoms with Crippen LogP contribution in [-0.2, 0) is 0 Å². The van der Waals surface area contributed by atoms with Gasteiger partial charge in [-0.2, -0.15) is 0 Å². The molecule has 0 aromatic heterocycles. The molecule has 1 aliphatic carbocycles. The van der Waals surface area contributed by atoms with Crippen LogP contribution in [0.4, 0.5) is 5.69 Å². The largest absolute Gasteiger partial charge is 0.506 e. The van der Waals surface area contributed by atoms with Gasteiger partial charge in [0.2, 0.25) is 0 Å². The summed E-state index contributed by atoms with van der Waals surface area (Å²) in [6.45, 7) is 0. The van der Waals surface area contributed by atoms with Gasteiger partial charge in [0.25, 0.3) is 0 Å². The van der Waals surface area contributed by atoms with E-state index in [9.17, 15) is 10.2 Å². The SMILES string of the molecule is Nc1c(O)cccc1C(O)C1CCCCCC1. The summed E-state index contributed by atoms with van der Waals surface area (Å²) in [6, 6.07) is 5.10. The van der Waals surface area contributed by atoms with E-state index < -0.39 is 6.10 Å². The molecule has 0 aliphatic heterocycles. The minimum absolute atomic E-state index is 0.0650. The lowest BCUT2D eigenvalue weighted by Crippen LogP contribution is -2.13. The second kappa shape index (κ2) is 5.41. The number of aliphatic hydroxyl groups excluding tert-OH is 1. The third kappa shape index (κ3) is 2.72. The van der Waals surface area contributed by atoms with Crippen LogP contribution in [0.15, 0.2) is 18.2 Å². The number of nitrogen functional groups attached to an aromatic ring is 1. The van der Waals surface area contributed by atoms with E-state index in [1.165, 1.54) is 25.7 Å². The maximum atomic E-state index is 10.4. The number of hydrogen-bond acceptors (Lipinski definition) is 3. The quantitative estimate of drug-likeness (QED) is 0.419. The van der Waals surface area contributed by atoms with Gasteiger partial charge in [0.05, 0.1) is 11.8 Å². The molecule has 94 valence electrons. The van der Waals surface area contributed by atoms with Crippen molar-refractivity contribution in [2.24, 2.45) is 5.92 Å². The summed E-state index contributed by atoms with van der Waals surface area (Å²) in [5.74, 6) is 0.344. The number of benzene rings is 1. The van der Waals surface area contributed by atoms with Gasteiger partial charge in [-0.25, -0.2) is 0 Å². The van der Waals surface area contributed by atoms with Crippen LogP contribution in [0.25, 0.3) is 0 Å². The lowest BCUT2D eigenvalue weighted by atomic mass is 9.88. The first kappa shape index (κ1) is 12.2. The van der Waals surface area contributed by atoms with Crippen LogP contribution in [-0.4, -0.2) is 10.2 Å². The van der Waals surface area contributed by atoms with E-state index in [2.05, 4.69) is 0 Å². The first-order chi connectivity index (χ1) is 8.20. The summed E-state index contributed by atoms with van der Waals surface area (Å²) in [5.41, 5.74) is 6.82. The smallest absolute Gasteiger partial charge is 0.138 e. The molecule has 1 aromatic rings. The number of nitrogens with two attached hydrogens (primary N) is 1. The summed E-state index contributed by atoms with van der Waals surface area (Å²) >= 11 is 0. The standard InChI is InChI=1S/C14H21NO2/c15-13-11(8-5-9-12(13)16)14(17)10-6-3-1-2-4-7-10/h5,8-10,14,16-17H,1-4,6-7,15H2. The molecule has 1 fully saturated rings. The van der Waals surface area contributed by atoms with E-state index in [-0.39, 0.29) is 11.7 Å². The normalized spacial score (nSPS) is 19.8. The number of aromatic hydroxyl groups is 1. The van der Waals surface area contributed by atoms with E-state index >= 15 is 0 Å². The van der Waals surface area contributed by atoms with E-state index in [1.54, 1.807) is 12.1 Å². The summed E-state index contributed by atoms with van der Waals surface area (Å²) in [7, 11) is 0. The van der Waals surface area contributed by atoms with E-state index in [1.807, 2.05) is 6.07 Å². The van der Waals surface area contributed by atoms with Gasteiger partial charge in [-0.05, 0) is 24.8 Å². The molecule has 1 aliphatic rings. The number of hydrogen-bond donors (Lipinski definition) is 3. The Morgan fingerprint density at radius 2 is 1.76 bits per heavy atom. The van der Waals surface area contributed by atoms with Crippen molar-refractivity contribution in [1.82, 2.24) is 0 Å². The molecule has 0 bridgehead atoms. The van der Waals surface area contributed by atoms with Crippen LogP contribution in [0, 0.1) is 5.92 Å². The van der Waals surface area contributed by atoms with E-state index in [0.717, 1.165) is 12.8 Å². The second-order valence-electron chi connectivity index (χ2n) is 4.98. The predicted molar refractivity (Wildman–Crippen MR) is 68.7 cm³/mol. The maximum absolute atomic E-state index is 10.4. The lowest BCUT2D eigenvalue weighted by molar-refractivity contribution is 0.0993. The molecule has 0 amide bonds. The summed E-state index contributed by atoms with van der Waals surface area (Å²) < 4.78 is 0. The first-order valence-electron chi connectivity index (χ1n) is 6.45. The Kier molecular flexibility index (Phi) is 3.89. The molecule has 17 heavy (non-hydrogen) atoms. The summed E-state index contributed by atoms with van der Waals surface area (Å²) in [6.07, 6.45) is 6.45. The Bertz CT molecular complexity index is 370. The molecule has 1 aromatic carbocycles. The molecule has 2 rings (SSSR count). The summed E-state index contributed by atoms with van der Waals surface area (Å²) in [5, 5.41) is 20.0. The fourth-order valence-corrected chi connectivity index (χ4v) is 2.71. The highest BCUT2D eigenvalue weighted by Gasteiger charge is 2.24. The molecule has 0 saturated heterocycles. The van der Waals surface area contributed by atoms with Crippen molar-refractivity contribution >= 4 is 5.69 Å². The monoisotopic (exact) mass is 235 g/mol. The Balaban J connectivity index is 2.17. The highest BCUT2D eigenvalue weighted by Crippen LogP contribution is 2.37. The average Bonchev–Trinajstić information content (AvgIpc) is 2.60.